The molecule has 0 amide bonds. The molecule has 0 radical (unpaired) electrons. The first-order chi connectivity index (χ1) is 8.19. The molecule has 2 N–H and O–H groups in total. The topological polar surface area (TPSA) is 70.8 Å². The van der Waals surface area contributed by atoms with E-state index in [1.165, 1.54) is 0 Å². The highest BCUT2D eigenvalue weighted by atomic mass is 16.5. The largest absolute Gasteiger partial charge is 0.465 e. The molecule has 5 heteroatoms. The van der Waals surface area contributed by atoms with Crippen LogP contribution in [-0.4, -0.2) is 43.5 Å². The molecule has 0 heterocycles. The van der Waals surface area contributed by atoms with Crippen LogP contribution >= 0.6 is 0 Å². The number of carbonyl (C=O) groups is 1. The van der Waals surface area contributed by atoms with Crippen molar-refractivity contribution in [3.05, 3.63) is 0 Å². The van der Waals surface area contributed by atoms with Crippen LogP contribution in [0, 0.1) is 0 Å². The molecule has 0 saturated carbocycles. The molecule has 1 unspecified atom stereocenters. The molecule has 0 aliphatic carbocycles. The lowest BCUT2D eigenvalue weighted by molar-refractivity contribution is -0.149. The monoisotopic (exact) mass is 261 g/mol. The second-order valence-corrected chi connectivity index (χ2v) is 5.46. The van der Waals surface area contributed by atoms with Crippen LogP contribution in [0.15, 0.2) is 0 Å². The van der Waals surface area contributed by atoms with Crippen LogP contribution in [0.25, 0.3) is 0 Å². The zero-order chi connectivity index (χ0) is 14.2. The van der Waals surface area contributed by atoms with Gasteiger partial charge in [-0.25, -0.2) is 0 Å². The smallest absolute Gasteiger partial charge is 0.325 e. The van der Waals surface area contributed by atoms with Crippen molar-refractivity contribution in [2.45, 2.75) is 52.2 Å². The standard InChI is InChI=1S/C13H27NO4/c1-6-17-11(15)13(5,14)7-8-16-9-10-18-12(2,3)4/h6-10,14H2,1-5H3. The van der Waals surface area contributed by atoms with E-state index < -0.39 is 5.54 Å². The van der Waals surface area contributed by atoms with Crippen molar-refractivity contribution >= 4 is 5.97 Å². The molecule has 0 aromatic heterocycles. The Bertz CT molecular complexity index is 246. The number of nitrogens with two attached hydrogens (primary N) is 1. The van der Waals surface area contributed by atoms with E-state index in [2.05, 4.69) is 0 Å². The quantitative estimate of drug-likeness (QED) is 0.529. The van der Waals surface area contributed by atoms with E-state index >= 15 is 0 Å². The molecule has 0 spiro atoms. The maximum absolute atomic E-state index is 11.5. The third-order valence-electron chi connectivity index (χ3n) is 2.27. The predicted molar refractivity (Wildman–Crippen MR) is 70.4 cm³/mol. The van der Waals surface area contributed by atoms with E-state index in [9.17, 15) is 4.79 Å². The van der Waals surface area contributed by atoms with E-state index in [1.807, 2.05) is 20.8 Å². The van der Waals surface area contributed by atoms with Gasteiger partial charge >= 0.3 is 5.97 Å². The average Bonchev–Trinajstić information content (AvgIpc) is 2.22. The number of ether oxygens (including phenoxy) is 3. The molecule has 5 nitrogen and oxygen atoms in total. The second-order valence-electron chi connectivity index (χ2n) is 5.46. The van der Waals surface area contributed by atoms with E-state index in [-0.39, 0.29) is 11.6 Å². The van der Waals surface area contributed by atoms with Crippen LogP contribution in [0.4, 0.5) is 0 Å². The van der Waals surface area contributed by atoms with Gasteiger partial charge in [0.05, 0.1) is 25.4 Å². The number of hydrogen-bond donors (Lipinski definition) is 1. The van der Waals surface area contributed by atoms with E-state index in [0.717, 1.165) is 0 Å². The Hall–Kier alpha value is -0.650. The van der Waals surface area contributed by atoms with Gasteiger partial charge < -0.3 is 19.9 Å². The van der Waals surface area contributed by atoms with Gasteiger partial charge in [-0.05, 0) is 41.0 Å². The summed E-state index contributed by atoms with van der Waals surface area (Å²) in [6.45, 7) is 11.2. The Balaban J connectivity index is 3.68. The SMILES string of the molecule is CCOC(=O)C(C)(N)CCOCCOC(C)(C)C. The lowest BCUT2D eigenvalue weighted by Crippen LogP contribution is -2.47. The molecule has 0 aliphatic rings. The lowest BCUT2D eigenvalue weighted by Gasteiger charge is -2.22. The molecule has 0 fully saturated rings. The maximum atomic E-state index is 11.5. The zero-order valence-electron chi connectivity index (χ0n) is 12.2. The fraction of sp³-hybridized carbons (Fsp3) is 0.923. The summed E-state index contributed by atoms with van der Waals surface area (Å²) < 4.78 is 15.8. The van der Waals surface area contributed by atoms with Gasteiger partial charge in [-0.2, -0.15) is 0 Å². The summed E-state index contributed by atoms with van der Waals surface area (Å²) in [5.74, 6) is -0.389. The maximum Gasteiger partial charge on any atom is 0.325 e. The predicted octanol–water partition coefficient (Wildman–Crippen LogP) is 1.49. The van der Waals surface area contributed by atoms with Crippen LogP contribution in [0.2, 0.25) is 0 Å². The third kappa shape index (κ3) is 8.44. The summed E-state index contributed by atoms with van der Waals surface area (Å²) in [4.78, 5) is 11.5. The number of esters is 1. The van der Waals surface area contributed by atoms with Crippen molar-refractivity contribution in [2.24, 2.45) is 5.73 Å². The summed E-state index contributed by atoms with van der Waals surface area (Å²) in [5, 5.41) is 0. The first kappa shape index (κ1) is 17.4. The molecule has 0 aromatic rings. The van der Waals surface area contributed by atoms with Gasteiger partial charge in [0.15, 0.2) is 0 Å². The summed E-state index contributed by atoms with van der Waals surface area (Å²) in [5.41, 5.74) is 4.70. The first-order valence-corrected chi connectivity index (χ1v) is 6.37. The van der Waals surface area contributed by atoms with Crippen LogP contribution in [-0.2, 0) is 19.0 Å². The highest BCUT2D eigenvalue weighted by molar-refractivity contribution is 5.79. The van der Waals surface area contributed by atoms with Crippen molar-refractivity contribution in [3.63, 3.8) is 0 Å². The minimum atomic E-state index is -0.985. The van der Waals surface area contributed by atoms with Crippen LogP contribution in [0.3, 0.4) is 0 Å². The third-order valence-corrected chi connectivity index (χ3v) is 2.27. The van der Waals surface area contributed by atoms with Crippen LogP contribution < -0.4 is 5.73 Å². The Kier molecular flexibility index (Phi) is 7.43. The highest BCUT2D eigenvalue weighted by Gasteiger charge is 2.29. The summed E-state index contributed by atoms with van der Waals surface area (Å²) in [7, 11) is 0. The summed E-state index contributed by atoms with van der Waals surface area (Å²) in [6.07, 6.45) is 0.432. The van der Waals surface area contributed by atoms with Gasteiger partial charge in [-0.3, -0.25) is 4.79 Å². The average molecular weight is 261 g/mol. The first-order valence-electron chi connectivity index (χ1n) is 6.37. The minimum absolute atomic E-state index is 0.156. The van der Waals surface area contributed by atoms with Crippen molar-refractivity contribution in [3.8, 4) is 0 Å². The van der Waals surface area contributed by atoms with E-state index in [1.54, 1.807) is 13.8 Å². The van der Waals surface area contributed by atoms with Crippen molar-refractivity contribution in [1.82, 2.24) is 0 Å². The lowest BCUT2D eigenvalue weighted by atomic mass is 10.0. The fourth-order valence-electron chi connectivity index (χ4n) is 1.19. The Morgan fingerprint density at radius 2 is 1.72 bits per heavy atom. The molecule has 0 saturated heterocycles. The molecule has 0 aromatic carbocycles. The van der Waals surface area contributed by atoms with Crippen molar-refractivity contribution in [2.75, 3.05) is 26.4 Å². The second kappa shape index (κ2) is 7.71. The van der Waals surface area contributed by atoms with Gasteiger partial charge in [0.25, 0.3) is 0 Å². The van der Waals surface area contributed by atoms with Gasteiger partial charge in [0, 0.05) is 6.61 Å². The molecule has 0 bridgehead atoms. The van der Waals surface area contributed by atoms with E-state index in [4.69, 9.17) is 19.9 Å². The minimum Gasteiger partial charge on any atom is -0.465 e. The highest BCUT2D eigenvalue weighted by Crippen LogP contribution is 2.09. The van der Waals surface area contributed by atoms with Crippen molar-refractivity contribution < 1.29 is 19.0 Å². The molecule has 0 rings (SSSR count). The normalized spacial score (nSPS) is 15.2. The van der Waals surface area contributed by atoms with Crippen LogP contribution in [0.5, 0.6) is 0 Å². The molecule has 18 heavy (non-hydrogen) atoms. The van der Waals surface area contributed by atoms with Crippen LogP contribution in [0.1, 0.15) is 41.0 Å². The number of rotatable bonds is 8. The number of carbonyl (C=O) groups excluding carboxylic acids is 1. The Morgan fingerprint density at radius 3 is 2.22 bits per heavy atom. The van der Waals surface area contributed by atoms with Crippen molar-refractivity contribution in [1.29, 1.82) is 0 Å². The van der Waals surface area contributed by atoms with Gasteiger partial charge in [-0.1, -0.05) is 0 Å². The molecule has 108 valence electrons. The Morgan fingerprint density at radius 1 is 1.11 bits per heavy atom. The summed E-state index contributed by atoms with van der Waals surface area (Å²) in [6, 6.07) is 0. The van der Waals surface area contributed by atoms with Gasteiger partial charge in [-0.15, -0.1) is 0 Å². The molecular weight excluding hydrogens is 234 g/mol. The van der Waals surface area contributed by atoms with Gasteiger partial charge in [0.1, 0.15) is 5.54 Å². The molecule has 1 atom stereocenters. The molecular formula is C13H27NO4. The van der Waals surface area contributed by atoms with Gasteiger partial charge in [0.2, 0.25) is 0 Å². The Labute approximate surface area is 110 Å². The zero-order valence-corrected chi connectivity index (χ0v) is 12.2. The number of hydrogen-bond acceptors (Lipinski definition) is 5. The van der Waals surface area contributed by atoms with E-state index in [0.29, 0.717) is 32.8 Å². The molecule has 0 aliphatic heterocycles. The summed E-state index contributed by atoms with van der Waals surface area (Å²) >= 11 is 0. The fourth-order valence-corrected chi connectivity index (χ4v) is 1.19.